The van der Waals surface area contributed by atoms with Gasteiger partial charge < -0.3 is 10.1 Å². The van der Waals surface area contributed by atoms with E-state index in [1.807, 2.05) is 78.9 Å². The number of benzene rings is 4. The second kappa shape index (κ2) is 12.3. The summed E-state index contributed by atoms with van der Waals surface area (Å²) in [5.74, 6) is -1.20. The van der Waals surface area contributed by atoms with Gasteiger partial charge in [0.25, 0.3) is 0 Å². The van der Waals surface area contributed by atoms with Crippen molar-refractivity contribution in [3.8, 4) is 0 Å². The summed E-state index contributed by atoms with van der Waals surface area (Å²) in [7, 11) is 0. The van der Waals surface area contributed by atoms with Crippen LogP contribution in [-0.4, -0.2) is 35.6 Å². The van der Waals surface area contributed by atoms with Gasteiger partial charge in [-0.25, -0.2) is 4.79 Å². The number of anilines is 1. The van der Waals surface area contributed by atoms with E-state index in [9.17, 15) is 9.59 Å². The van der Waals surface area contributed by atoms with Crippen molar-refractivity contribution in [3.05, 3.63) is 131 Å². The topological polar surface area (TPSA) is 71.0 Å². The molecule has 1 atom stereocenters. The molecule has 1 N–H and O–H groups in total. The summed E-state index contributed by atoms with van der Waals surface area (Å²) in [6.45, 7) is 3.44. The summed E-state index contributed by atoms with van der Waals surface area (Å²) in [5.41, 5.74) is 6.32. The number of hydrogen-bond donors (Lipinski definition) is 1. The Kier molecular flexibility index (Phi) is 8.01. The molecule has 0 bridgehead atoms. The number of carbonyl (C=O) groups is 2. The van der Waals surface area contributed by atoms with Gasteiger partial charge in [0.15, 0.2) is 0 Å². The van der Waals surface area contributed by atoms with E-state index in [1.54, 1.807) is 12.1 Å². The van der Waals surface area contributed by atoms with Crippen LogP contribution >= 0.6 is 0 Å². The number of likely N-dealkylation sites (tertiary alicyclic amines) is 1. The molecule has 6 rings (SSSR count). The van der Waals surface area contributed by atoms with Crippen LogP contribution < -0.4 is 5.32 Å². The van der Waals surface area contributed by atoms with Crippen molar-refractivity contribution in [2.24, 2.45) is 4.99 Å². The largest absolute Gasteiger partial charge is 0.457 e. The lowest BCUT2D eigenvalue weighted by molar-refractivity contribution is -0.115. The molecule has 1 amide bonds. The molecule has 0 spiro atoms. The summed E-state index contributed by atoms with van der Waals surface area (Å²) >= 11 is 0. The number of nitrogens with one attached hydrogen (secondary N) is 1. The molecule has 4 aromatic rings. The van der Waals surface area contributed by atoms with Gasteiger partial charge in [-0.2, -0.15) is 0 Å². The Morgan fingerprint density at radius 1 is 0.805 bits per heavy atom. The highest BCUT2D eigenvalue weighted by Gasteiger charge is 2.36. The highest BCUT2D eigenvalue weighted by molar-refractivity contribution is 6.24. The van der Waals surface area contributed by atoms with Gasteiger partial charge in [0, 0.05) is 12.2 Å². The Morgan fingerprint density at radius 3 is 2.24 bits per heavy atom. The molecule has 0 radical (unpaired) electrons. The second-order valence-electron chi connectivity index (χ2n) is 10.7. The number of piperidine rings is 1. The molecule has 2 aliphatic heterocycles. The lowest BCUT2D eigenvalue weighted by atomic mass is 9.90. The average molecular weight is 544 g/mol. The zero-order valence-electron chi connectivity index (χ0n) is 23.0. The van der Waals surface area contributed by atoms with Gasteiger partial charge in [0.05, 0.1) is 17.0 Å². The molecule has 6 nitrogen and oxygen atoms in total. The van der Waals surface area contributed by atoms with Crippen LogP contribution in [0.5, 0.6) is 0 Å². The van der Waals surface area contributed by atoms with Crippen molar-refractivity contribution >= 4 is 29.0 Å². The molecular formula is C35H33N3O3. The third kappa shape index (κ3) is 6.28. The summed E-state index contributed by atoms with van der Waals surface area (Å²) in [6, 6.07) is 32.9. The van der Waals surface area contributed by atoms with Crippen molar-refractivity contribution in [2.75, 3.05) is 18.4 Å². The van der Waals surface area contributed by atoms with Gasteiger partial charge >= 0.3 is 5.97 Å². The number of esters is 1. The lowest BCUT2D eigenvalue weighted by Gasteiger charge is -2.26. The maximum Gasteiger partial charge on any atom is 0.338 e. The molecule has 2 heterocycles. The van der Waals surface area contributed by atoms with E-state index in [2.05, 4.69) is 22.3 Å². The van der Waals surface area contributed by atoms with Gasteiger partial charge in [0.2, 0.25) is 5.91 Å². The minimum absolute atomic E-state index is 0.167. The molecule has 6 heteroatoms. The zero-order valence-corrected chi connectivity index (χ0v) is 23.0. The number of ether oxygens (including phenoxy) is 1. The molecule has 2 aliphatic rings. The van der Waals surface area contributed by atoms with Gasteiger partial charge in [0.1, 0.15) is 12.5 Å². The zero-order chi connectivity index (χ0) is 28.0. The van der Waals surface area contributed by atoms with Gasteiger partial charge in [-0.05, 0) is 72.5 Å². The first-order valence-electron chi connectivity index (χ1n) is 14.3. The Balaban J connectivity index is 1.25. The summed E-state index contributed by atoms with van der Waals surface area (Å²) in [6.07, 6.45) is 3.86. The highest BCUT2D eigenvalue weighted by atomic mass is 16.5. The molecule has 0 aliphatic carbocycles. The fourth-order valence-corrected chi connectivity index (χ4v) is 5.56. The highest BCUT2D eigenvalue weighted by Crippen LogP contribution is 2.37. The minimum atomic E-state index is -0.602. The molecular weight excluding hydrogens is 510 g/mol. The van der Waals surface area contributed by atoms with Crippen molar-refractivity contribution in [2.45, 2.75) is 38.3 Å². The first-order chi connectivity index (χ1) is 20.1. The van der Waals surface area contributed by atoms with Crippen LogP contribution in [0.15, 0.2) is 108 Å². The first-order valence-corrected chi connectivity index (χ1v) is 14.3. The Hall–Kier alpha value is -4.55. The third-order valence-electron chi connectivity index (χ3n) is 7.72. The molecule has 1 fully saturated rings. The second-order valence-corrected chi connectivity index (χ2v) is 10.7. The predicted octanol–water partition coefficient (Wildman–Crippen LogP) is 6.89. The maximum absolute atomic E-state index is 13.4. The average Bonchev–Trinajstić information content (AvgIpc) is 3.35. The molecule has 4 aromatic carbocycles. The number of fused-ring (bicyclic) bond motifs is 1. The molecule has 206 valence electrons. The maximum atomic E-state index is 13.4. The van der Waals surface area contributed by atoms with Crippen LogP contribution in [0.25, 0.3) is 0 Å². The van der Waals surface area contributed by atoms with Crippen molar-refractivity contribution in [1.29, 1.82) is 0 Å². The third-order valence-corrected chi connectivity index (χ3v) is 7.72. The lowest BCUT2D eigenvalue weighted by Crippen LogP contribution is -2.28. The molecule has 41 heavy (non-hydrogen) atoms. The van der Waals surface area contributed by atoms with E-state index in [1.165, 1.54) is 24.8 Å². The van der Waals surface area contributed by atoms with Crippen molar-refractivity contribution < 1.29 is 14.3 Å². The Labute approximate surface area is 240 Å². The molecule has 1 unspecified atom stereocenters. The van der Waals surface area contributed by atoms with E-state index in [-0.39, 0.29) is 12.5 Å². The van der Waals surface area contributed by atoms with Crippen molar-refractivity contribution in [3.63, 3.8) is 0 Å². The van der Waals surface area contributed by atoms with Gasteiger partial charge in [-0.15, -0.1) is 0 Å². The van der Waals surface area contributed by atoms with E-state index in [4.69, 9.17) is 9.73 Å². The van der Waals surface area contributed by atoms with E-state index in [0.29, 0.717) is 17.0 Å². The van der Waals surface area contributed by atoms with E-state index >= 15 is 0 Å². The molecule has 0 aromatic heterocycles. The summed E-state index contributed by atoms with van der Waals surface area (Å²) < 4.78 is 5.50. The summed E-state index contributed by atoms with van der Waals surface area (Å²) in [4.78, 5) is 33.7. The predicted molar refractivity (Wildman–Crippen MR) is 162 cm³/mol. The standard InChI is InChI=1S/C35H33N3O3/c39-34-32(30-19-16-28(22-31(30)37-34)35(40)41-24-26-10-4-1-5-11-26)33(27-12-6-2-7-13-27)36-29-17-14-25(15-18-29)23-38-20-8-3-9-21-38/h1-2,4-7,10-19,22,32H,3,8-9,20-21,23-24H2,(H,37,39). The fraction of sp³-hybridized carbons (Fsp3) is 0.229. The number of rotatable bonds is 8. The van der Waals surface area contributed by atoms with Crippen LogP contribution in [0.4, 0.5) is 11.4 Å². The SMILES string of the molecule is O=C(OCc1ccccc1)c1ccc2c(c1)NC(=O)C2C(=Nc1ccc(CN2CCCCC2)cc1)c1ccccc1. The normalized spacial score (nSPS) is 17.1. The van der Waals surface area contributed by atoms with Gasteiger partial charge in [-0.1, -0.05) is 85.3 Å². The molecule has 0 saturated carbocycles. The Morgan fingerprint density at radius 2 is 1.51 bits per heavy atom. The van der Waals surface area contributed by atoms with Gasteiger partial charge in [-0.3, -0.25) is 14.7 Å². The number of hydrogen-bond acceptors (Lipinski definition) is 5. The number of nitrogens with zero attached hydrogens (tertiary/aromatic N) is 2. The Bertz CT molecular complexity index is 1540. The van der Waals surface area contributed by atoms with Crippen molar-refractivity contribution in [1.82, 2.24) is 4.90 Å². The summed E-state index contributed by atoms with van der Waals surface area (Å²) in [5, 5.41) is 2.97. The quantitative estimate of drug-likeness (QED) is 0.194. The van der Waals surface area contributed by atoms with Crippen LogP contribution in [-0.2, 0) is 22.7 Å². The molecule has 1 saturated heterocycles. The smallest absolute Gasteiger partial charge is 0.338 e. The minimum Gasteiger partial charge on any atom is -0.457 e. The number of aliphatic imine (C=N–C) groups is 1. The monoisotopic (exact) mass is 543 g/mol. The van der Waals surface area contributed by atoms with Crippen LogP contribution in [0, 0.1) is 0 Å². The number of carbonyl (C=O) groups excluding carboxylic acids is 2. The van der Waals surface area contributed by atoms with Crippen LogP contribution in [0.3, 0.4) is 0 Å². The van der Waals surface area contributed by atoms with Crippen LogP contribution in [0.2, 0.25) is 0 Å². The fourth-order valence-electron chi connectivity index (χ4n) is 5.56. The van der Waals surface area contributed by atoms with E-state index in [0.717, 1.165) is 42.0 Å². The first kappa shape index (κ1) is 26.7. The van der Waals surface area contributed by atoms with Crippen LogP contribution in [0.1, 0.15) is 57.8 Å². The number of amides is 1. The van der Waals surface area contributed by atoms with E-state index < -0.39 is 11.9 Å².